The Morgan fingerprint density at radius 2 is 2.32 bits per heavy atom. The second-order valence-electron chi connectivity index (χ2n) is 6.41. The largest absolute Gasteiger partial charge is 0.444 e. The van der Waals surface area contributed by atoms with Gasteiger partial charge >= 0.3 is 6.09 Å². The molecule has 0 saturated carbocycles. The molecule has 118 valence electrons. The molecular weight excluding hydrogens is 280 g/mol. The number of ether oxygens (including phenoxy) is 1. The van der Waals surface area contributed by atoms with E-state index in [-0.39, 0.29) is 6.04 Å². The number of aromatic nitrogens is 1. The van der Waals surface area contributed by atoms with Gasteiger partial charge in [-0.2, -0.15) is 5.26 Å². The zero-order valence-electron chi connectivity index (χ0n) is 13.3. The Labute approximate surface area is 131 Å². The number of carbonyl (C=O) groups is 1. The van der Waals surface area contributed by atoms with Crippen molar-refractivity contribution in [1.82, 2.24) is 10.3 Å². The molecule has 2 heterocycles. The van der Waals surface area contributed by atoms with Crippen molar-refractivity contribution in [2.75, 3.05) is 18.0 Å². The maximum absolute atomic E-state index is 11.9. The van der Waals surface area contributed by atoms with E-state index in [1.807, 2.05) is 32.9 Å². The molecule has 1 N–H and O–H groups in total. The molecule has 1 aromatic rings. The van der Waals surface area contributed by atoms with Crippen LogP contribution in [0.1, 0.15) is 39.3 Å². The van der Waals surface area contributed by atoms with Crippen LogP contribution in [0, 0.1) is 11.3 Å². The Balaban J connectivity index is 2.00. The number of hydrogen-bond donors (Lipinski definition) is 1. The van der Waals surface area contributed by atoms with Crippen molar-refractivity contribution in [1.29, 1.82) is 5.26 Å². The van der Waals surface area contributed by atoms with E-state index in [1.165, 1.54) is 0 Å². The van der Waals surface area contributed by atoms with Crippen molar-refractivity contribution in [2.45, 2.75) is 45.3 Å². The van der Waals surface area contributed by atoms with Crippen LogP contribution in [-0.4, -0.2) is 35.8 Å². The zero-order chi connectivity index (χ0) is 16.2. The SMILES string of the molecule is CC(C)(C)OC(=O)N[C@H]1CCCN(c2cccnc2C#N)C1. The summed E-state index contributed by atoms with van der Waals surface area (Å²) in [5, 5.41) is 12.1. The molecule has 1 aromatic heterocycles. The lowest BCUT2D eigenvalue weighted by Crippen LogP contribution is -2.49. The molecule has 2 rings (SSSR count). The molecule has 1 amide bonds. The fourth-order valence-corrected chi connectivity index (χ4v) is 2.53. The standard InChI is InChI=1S/C16H22N4O2/c1-16(2,3)22-15(21)19-12-6-5-9-20(11-12)14-7-4-8-18-13(14)10-17/h4,7-8,12H,5-6,9,11H2,1-3H3,(H,19,21)/t12-/m0/s1. The first kappa shape index (κ1) is 16.1. The lowest BCUT2D eigenvalue weighted by atomic mass is 10.0. The van der Waals surface area contributed by atoms with E-state index in [1.54, 1.807) is 6.20 Å². The van der Waals surface area contributed by atoms with Crippen molar-refractivity contribution < 1.29 is 9.53 Å². The van der Waals surface area contributed by atoms with Gasteiger partial charge in [-0.15, -0.1) is 0 Å². The van der Waals surface area contributed by atoms with E-state index in [9.17, 15) is 4.79 Å². The number of piperidine rings is 1. The number of rotatable bonds is 2. The first-order chi connectivity index (χ1) is 10.4. The van der Waals surface area contributed by atoms with E-state index in [0.29, 0.717) is 12.2 Å². The van der Waals surface area contributed by atoms with E-state index >= 15 is 0 Å². The van der Waals surface area contributed by atoms with Gasteiger partial charge in [0.1, 0.15) is 11.7 Å². The van der Waals surface area contributed by atoms with Crippen molar-refractivity contribution in [3.63, 3.8) is 0 Å². The number of alkyl carbamates (subject to hydrolysis) is 1. The van der Waals surface area contributed by atoms with Gasteiger partial charge in [0.25, 0.3) is 0 Å². The number of pyridine rings is 1. The maximum atomic E-state index is 11.9. The highest BCUT2D eigenvalue weighted by molar-refractivity contribution is 5.68. The number of nitriles is 1. The van der Waals surface area contributed by atoms with Crippen molar-refractivity contribution in [3.8, 4) is 6.07 Å². The van der Waals surface area contributed by atoms with Crippen LogP contribution < -0.4 is 10.2 Å². The summed E-state index contributed by atoms with van der Waals surface area (Å²) >= 11 is 0. The van der Waals surface area contributed by atoms with Crippen molar-refractivity contribution >= 4 is 11.8 Å². The summed E-state index contributed by atoms with van der Waals surface area (Å²) in [6, 6.07) is 5.84. The number of amides is 1. The van der Waals surface area contributed by atoms with Gasteiger partial charge in [0.05, 0.1) is 5.69 Å². The highest BCUT2D eigenvalue weighted by atomic mass is 16.6. The Kier molecular flexibility index (Phi) is 4.86. The first-order valence-corrected chi connectivity index (χ1v) is 7.48. The van der Waals surface area contributed by atoms with Gasteiger partial charge in [0.15, 0.2) is 5.69 Å². The minimum atomic E-state index is -0.504. The number of nitrogens with zero attached hydrogens (tertiary/aromatic N) is 3. The topological polar surface area (TPSA) is 78.2 Å². The number of nitrogens with one attached hydrogen (secondary N) is 1. The van der Waals surface area contributed by atoms with Crippen LogP contribution in [0.25, 0.3) is 0 Å². The smallest absolute Gasteiger partial charge is 0.407 e. The predicted octanol–water partition coefficient (Wildman–Crippen LogP) is 2.45. The van der Waals surface area contributed by atoms with E-state index < -0.39 is 11.7 Å². The lowest BCUT2D eigenvalue weighted by Gasteiger charge is -2.35. The molecule has 0 unspecified atom stereocenters. The van der Waals surface area contributed by atoms with Gasteiger partial charge in [0.2, 0.25) is 0 Å². The summed E-state index contributed by atoms with van der Waals surface area (Å²) < 4.78 is 5.29. The van der Waals surface area contributed by atoms with Crippen LogP contribution in [-0.2, 0) is 4.74 Å². The molecule has 0 bridgehead atoms. The predicted molar refractivity (Wildman–Crippen MR) is 83.6 cm³/mol. The van der Waals surface area contributed by atoms with Crippen molar-refractivity contribution in [2.24, 2.45) is 0 Å². The molecule has 22 heavy (non-hydrogen) atoms. The van der Waals surface area contributed by atoms with Gasteiger partial charge in [0, 0.05) is 25.3 Å². The molecule has 1 fully saturated rings. The molecule has 0 aromatic carbocycles. The molecule has 1 atom stereocenters. The minimum absolute atomic E-state index is 0.00958. The van der Waals surface area contributed by atoms with Gasteiger partial charge in [-0.25, -0.2) is 9.78 Å². The van der Waals surface area contributed by atoms with E-state index in [4.69, 9.17) is 10.00 Å². The summed E-state index contributed by atoms with van der Waals surface area (Å²) in [6.45, 7) is 7.03. The van der Waals surface area contributed by atoms with Crippen LogP contribution >= 0.6 is 0 Å². The van der Waals surface area contributed by atoms with Crippen LogP contribution in [0.2, 0.25) is 0 Å². The molecule has 1 aliphatic heterocycles. The zero-order valence-corrected chi connectivity index (χ0v) is 13.3. The number of hydrogen-bond acceptors (Lipinski definition) is 5. The average molecular weight is 302 g/mol. The number of carbonyl (C=O) groups excluding carboxylic acids is 1. The first-order valence-electron chi connectivity index (χ1n) is 7.48. The molecule has 0 radical (unpaired) electrons. The fourth-order valence-electron chi connectivity index (χ4n) is 2.53. The molecule has 0 aliphatic carbocycles. The molecule has 1 aliphatic rings. The Bertz CT molecular complexity index is 574. The van der Waals surface area contributed by atoms with Crippen molar-refractivity contribution in [3.05, 3.63) is 24.0 Å². The maximum Gasteiger partial charge on any atom is 0.407 e. The molecule has 6 nitrogen and oxygen atoms in total. The second kappa shape index (κ2) is 6.65. The third-order valence-corrected chi connectivity index (χ3v) is 3.38. The summed E-state index contributed by atoms with van der Waals surface area (Å²) in [4.78, 5) is 18.1. The summed E-state index contributed by atoms with van der Waals surface area (Å²) in [7, 11) is 0. The minimum Gasteiger partial charge on any atom is -0.444 e. The van der Waals surface area contributed by atoms with Gasteiger partial charge in [-0.05, 0) is 45.7 Å². The normalized spacial score (nSPS) is 18.5. The third-order valence-electron chi connectivity index (χ3n) is 3.38. The van der Waals surface area contributed by atoms with Gasteiger partial charge in [-0.1, -0.05) is 0 Å². The van der Waals surface area contributed by atoms with E-state index in [0.717, 1.165) is 25.1 Å². The Hall–Kier alpha value is -2.29. The Morgan fingerprint density at radius 1 is 1.55 bits per heavy atom. The van der Waals surface area contributed by atoms with Crippen LogP contribution in [0.4, 0.5) is 10.5 Å². The van der Waals surface area contributed by atoms with Gasteiger partial charge < -0.3 is 15.0 Å². The van der Waals surface area contributed by atoms with Gasteiger partial charge in [-0.3, -0.25) is 0 Å². The molecular formula is C16H22N4O2. The summed E-state index contributed by atoms with van der Waals surface area (Å²) in [6.07, 6.45) is 3.06. The monoisotopic (exact) mass is 302 g/mol. The average Bonchev–Trinajstić information content (AvgIpc) is 2.45. The van der Waals surface area contributed by atoms with Crippen LogP contribution in [0.3, 0.4) is 0 Å². The Morgan fingerprint density at radius 3 is 3.00 bits per heavy atom. The highest BCUT2D eigenvalue weighted by Crippen LogP contribution is 2.22. The second-order valence-corrected chi connectivity index (χ2v) is 6.41. The lowest BCUT2D eigenvalue weighted by molar-refractivity contribution is 0.0500. The summed E-state index contributed by atoms with van der Waals surface area (Å²) in [5.74, 6) is 0. The van der Waals surface area contributed by atoms with Crippen LogP contribution in [0.15, 0.2) is 18.3 Å². The molecule has 6 heteroatoms. The van der Waals surface area contributed by atoms with E-state index in [2.05, 4.69) is 21.3 Å². The summed E-state index contributed by atoms with van der Waals surface area (Å²) in [5.41, 5.74) is 0.733. The fraction of sp³-hybridized carbons (Fsp3) is 0.562. The third kappa shape index (κ3) is 4.35. The number of anilines is 1. The van der Waals surface area contributed by atoms with Crippen LogP contribution in [0.5, 0.6) is 0 Å². The molecule has 0 spiro atoms. The highest BCUT2D eigenvalue weighted by Gasteiger charge is 2.25. The quantitative estimate of drug-likeness (QED) is 0.908. The molecule has 1 saturated heterocycles.